The topological polar surface area (TPSA) is 84.5 Å². The third-order valence-electron chi connectivity index (χ3n) is 4.38. The zero-order valence-electron chi connectivity index (χ0n) is 12.9. The Hall–Kier alpha value is -1.60. The Morgan fingerprint density at radius 1 is 1.13 bits per heavy atom. The fourth-order valence-corrected chi connectivity index (χ4v) is 4.75. The molecule has 1 aromatic rings. The number of amides is 1. The van der Waals surface area contributed by atoms with Crippen molar-refractivity contribution in [1.29, 1.82) is 0 Å². The molecule has 3 rings (SSSR count). The molecule has 1 saturated heterocycles. The summed E-state index contributed by atoms with van der Waals surface area (Å²) < 4.78 is 28.0. The van der Waals surface area contributed by atoms with E-state index in [1.54, 1.807) is 0 Å². The first kappa shape index (κ1) is 16.3. The Morgan fingerprint density at radius 2 is 1.87 bits per heavy atom. The first-order valence-electron chi connectivity index (χ1n) is 7.94. The predicted molar refractivity (Wildman–Crippen MR) is 86.8 cm³/mol. The minimum absolute atomic E-state index is 0.0657. The van der Waals surface area contributed by atoms with Crippen molar-refractivity contribution in [2.24, 2.45) is 0 Å². The summed E-state index contributed by atoms with van der Waals surface area (Å²) in [6.45, 7) is 0.265. The Kier molecular flexibility index (Phi) is 4.87. The minimum atomic E-state index is -2.84. The molecule has 1 atom stereocenters. The van der Waals surface area contributed by atoms with Crippen LogP contribution in [0.5, 0.6) is 0 Å². The summed E-state index contributed by atoms with van der Waals surface area (Å²) >= 11 is 0. The summed E-state index contributed by atoms with van der Waals surface area (Å²) in [5.74, 6) is 0.519. The van der Waals surface area contributed by atoms with Crippen LogP contribution in [0.4, 0.5) is 4.79 Å². The van der Waals surface area contributed by atoms with E-state index >= 15 is 0 Å². The summed E-state index contributed by atoms with van der Waals surface area (Å²) in [4.78, 5) is 11.7. The van der Waals surface area contributed by atoms with E-state index < -0.39 is 15.9 Å². The molecule has 0 radical (unpaired) electrons. The highest BCUT2D eigenvalue weighted by molar-refractivity contribution is 7.91. The van der Waals surface area contributed by atoms with Crippen molar-refractivity contribution in [2.75, 3.05) is 11.5 Å². The number of sulfone groups is 1. The molecule has 1 amide bonds. The number of benzene rings is 1. The fraction of sp³-hybridized carbons (Fsp3) is 0.562. The lowest BCUT2D eigenvalue weighted by Gasteiger charge is -2.37. The van der Waals surface area contributed by atoms with Gasteiger partial charge in [0.05, 0.1) is 11.5 Å². The maximum Gasteiger partial charge on any atom is 0.407 e. The smallest absolute Gasteiger partial charge is 0.407 e. The molecule has 7 heteroatoms. The molecule has 2 fully saturated rings. The average molecular weight is 338 g/mol. The molecule has 1 unspecified atom stereocenters. The summed E-state index contributed by atoms with van der Waals surface area (Å²) in [5, 5.41) is 6.20. The van der Waals surface area contributed by atoms with Crippen LogP contribution in [-0.2, 0) is 21.2 Å². The third-order valence-corrected chi connectivity index (χ3v) is 6.14. The number of ether oxygens (including phenoxy) is 1. The molecule has 0 spiro atoms. The van der Waals surface area contributed by atoms with Crippen molar-refractivity contribution in [3.8, 4) is 0 Å². The maximum atomic E-state index is 11.7. The quantitative estimate of drug-likeness (QED) is 0.843. The number of rotatable bonds is 5. The first-order chi connectivity index (χ1) is 11.0. The van der Waals surface area contributed by atoms with Crippen molar-refractivity contribution < 1.29 is 17.9 Å². The Morgan fingerprint density at radius 3 is 2.52 bits per heavy atom. The molecule has 6 nitrogen and oxygen atoms in total. The van der Waals surface area contributed by atoms with E-state index in [0.717, 1.165) is 18.4 Å². The van der Waals surface area contributed by atoms with Crippen LogP contribution < -0.4 is 10.6 Å². The molecular weight excluding hydrogens is 316 g/mol. The Balaban J connectivity index is 1.32. The van der Waals surface area contributed by atoms with E-state index in [2.05, 4.69) is 10.6 Å². The molecule has 1 aromatic carbocycles. The highest BCUT2D eigenvalue weighted by Crippen LogP contribution is 2.23. The van der Waals surface area contributed by atoms with Gasteiger partial charge >= 0.3 is 6.09 Å². The van der Waals surface area contributed by atoms with Crippen molar-refractivity contribution >= 4 is 15.9 Å². The number of hydrogen-bond donors (Lipinski definition) is 2. The standard InChI is InChI=1S/C16H22N2O4S/c19-16(22-10-12-4-2-1-3-5-12)18-15-8-14(9-15)17-13-6-7-23(20,21)11-13/h1-5,13-15,17H,6-11H2,(H,18,19). The third kappa shape index (κ3) is 4.68. The van der Waals surface area contributed by atoms with Crippen molar-refractivity contribution in [3.63, 3.8) is 0 Å². The number of hydrogen-bond acceptors (Lipinski definition) is 5. The van der Waals surface area contributed by atoms with Crippen LogP contribution in [0.3, 0.4) is 0 Å². The van der Waals surface area contributed by atoms with Gasteiger partial charge in [-0.3, -0.25) is 0 Å². The van der Waals surface area contributed by atoms with Gasteiger partial charge in [0, 0.05) is 18.1 Å². The molecule has 2 N–H and O–H groups in total. The van der Waals surface area contributed by atoms with E-state index in [1.807, 2.05) is 30.3 Å². The van der Waals surface area contributed by atoms with E-state index in [-0.39, 0.29) is 36.2 Å². The van der Waals surface area contributed by atoms with Gasteiger partial charge in [0.2, 0.25) is 0 Å². The highest BCUT2D eigenvalue weighted by Gasteiger charge is 2.35. The second-order valence-electron chi connectivity index (χ2n) is 6.34. The SMILES string of the molecule is O=C(NC1CC(NC2CCS(=O)(=O)C2)C1)OCc1ccccc1. The number of alkyl carbamates (subject to hydrolysis) is 1. The van der Waals surface area contributed by atoms with Gasteiger partial charge in [-0.25, -0.2) is 13.2 Å². The molecule has 126 valence electrons. The average Bonchev–Trinajstić information content (AvgIpc) is 2.83. The molecule has 1 aliphatic heterocycles. The van der Waals surface area contributed by atoms with Crippen molar-refractivity contribution in [2.45, 2.75) is 44.0 Å². The molecule has 1 saturated carbocycles. The maximum absolute atomic E-state index is 11.7. The number of carbonyl (C=O) groups excluding carboxylic acids is 1. The molecular formula is C16H22N2O4S. The van der Waals surface area contributed by atoms with Crippen LogP contribution in [0.2, 0.25) is 0 Å². The monoisotopic (exact) mass is 338 g/mol. The summed E-state index contributed by atoms with van der Waals surface area (Å²) in [6.07, 6.45) is 1.92. The van der Waals surface area contributed by atoms with Crippen LogP contribution >= 0.6 is 0 Å². The van der Waals surface area contributed by atoms with Gasteiger partial charge in [-0.2, -0.15) is 0 Å². The first-order valence-corrected chi connectivity index (χ1v) is 9.76. The van der Waals surface area contributed by atoms with E-state index in [1.165, 1.54) is 0 Å². The molecule has 1 heterocycles. The minimum Gasteiger partial charge on any atom is -0.445 e. The van der Waals surface area contributed by atoms with E-state index in [9.17, 15) is 13.2 Å². The van der Waals surface area contributed by atoms with Gasteiger partial charge in [0.1, 0.15) is 6.61 Å². The normalized spacial score (nSPS) is 28.8. The number of nitrogens with one attached hydrogen (secondary N) is 2. The van der Waals surface area contributed by atoms with Gasteiger partial charge in [-0.05, 0) is 24.8 Å². The van der Waals surface area contributed by atoms with Crippen LogP contribution in [0.25, 0.3) is 0 Å². The van der Waals surface area contributed by atoms with E-state index in [0.29, 0.717) is 6.42 Å². The predicted octanol–water partition coefficient (Wildman–Crippen LogP) is 1.22. The second-order valence-corrected chi connectivity index (χ2v) is 8.57. The van der Waals surface area contributed by atoms with Gasteiger partial charge in [-0.1, -0.05) is 30.3 Å². The number of carbonyl (C=O) groups is 1. The lowest BCUT2D eigenvalue weighted by molar-refractivity contribution is 0.124. The Bertz CT molecular complexity index is 641. The largest absolute Gasteiger partial charge is 0.445 e. The zero-order valence-corrected chi connectivity index (χ0v) is 13.7. The summed E-state index contributed by atoms with van der Waals surface area (Å²) in [7, 11) is -2.84. The highest BCUT2D eigenvalue weighted by atomic mass is 32.2. The second kappa shape index (κ2) is 6.88. The summed E-state index contributed by atoms with van der Waals surface area (Å²) in [5.41, 5.74) is 0.957. The van der Waals surface area contributed by atoms with Crippen molar-refractivity contribution in [1.82, 2.24) is 10.6 Å². The van der Waals surface area contributed by atoms with Crippen LogP contribution in [0.1, 0.15) is 24.8 Å². The van der Waals surface area contributed by atoms with Gasteiger partial charge in [0.15, 0.2) is 9.84 Å². The fourth-order valence-electron chi connectivity index (χ4n) is 3.06. The van der Waals surface area contributed by atoms with Crippen molar-refractivity contribution in [3.05, 3.63) is 35.9 Å². The lowest BCUT2D eigenvalue weighted by atomic mass is 9.86. The summed E-state index contributed by atoms with van der Waals surface area (Å²) in [6, 6.07) is 10.0. The molecule has 1 aliphatic carbocycles. The Labute approximate surface area is 136 Å². The molecule has 23 heavy (non-hydrogen) atoms. The lowest BCUT2D eigenvalue weighted by Crippen LogP contribution is -2.54. The zero-order chi connectivity index (χ0) is 16.3. The molecule has 0 bridgehead atoms. The van der Waals surface area contributed by atoms with Gasteiger partial charge in [-0.15, -0.1) is 0 Å². The van der Waals surface area contributed by atoms with Crippen LogP contribution in [-0.4, -0.2) is 44.1 Å². The van der Waals surface area contributed by atoms with Crippen LogP contribution in [0, 0.1) is 0 Å². The van der Waals surface area contributed by atoms with Crippen LogP contribution in [0.15, 0.2) is 30.3 Å². The van der Waals surface area contributed by atoms with Gasteiger partial charge in [0.25, 0.3) is 0 Å². The van der Waals surface area contributed by atoms with E-state index in [4.69, 9.17) is 4.74 Å². The van der Waals surface area contributed by atoms with Gasteiger partial charge < -0.3 is 15.4 Å². The molecule has 0 aromatic heterocycles. The molecule has 2 aliphatic rings.